The fourth-order valence-corrected chi connectivity index (χ4v) is 3.68. The van der Waals surface area contributed by atoms with Gasteiger partial charge < -0.3 is 9.64 Å². The van der Waals surface area contributed by atoms with Gasteiger partial charge >= 0.3 is 0 Å². The Kier molecular flexibility index (Phi) is 3.57. The first-order valence-corrected chi connectivity index (χ1v) is 8.96. The predicted octanol–water partition coefficient (Wildman–Crippen LogP) is 6.39. The van der Waals surface area contributed by atoms with E-state index in [1.165, 1.54) is 22.0 Å². The van der Waals surface area contributed by atoms with Crippen molar-refractivity contribution in [3.63, 3.8) is 0 Å². The van der Waals surface area contributed by atoms with Crippen LogP contribution >= 0.6 is 15.9 Å². The van der Waals surface area contributed by atoms with Crippen LogP contribution in [0.4, 0.5) is 11.4 Å². The van der Waals surface area contributed by atoms with Crippen LogP contribution in [-0.4, -0.2) is 6.73 Å². The van der Waals surface area contributed by atoms with Crippen molar-refractivity contribution in [1.29, 1.82) is 0 Å². The summed E-state index contributed by atoms with van der Waals surface area (Å²) in [5, 5.41) is 2.39. The maximum Gasteiger partial charge on any atom is 0.165 e. The summed E-state index contributed by atoms with van der Waals surface area (Å²) in [4.78, 5) is 2.24. The molecule has 1 aliphatic heterocycles. The highest BCUT2D eigenvalue weighted by Crippen LogP contribution is 2.43. The molecule has 0 amide bonds. The van der Waals surface area contributed by atoms with Gasteiger partial charge in [-0.1, -0.05) is 51.1 Å². The zero-order valence-corrected chi connectivity index (χ0v) is 15.7. The Morgan fingerprint density at radius 2 is 1.71 bits per heavy atom. The molecule has 0 atom stereocenters. The highest BCUT2D eigenvalue weighted by molar-refractivity contribution is 9.10. The first-order valence-electron chi connectivity index (χ1n) is 8.17. The first-order chi connectivity index (χ1) is 11.4. The number of benzene rings is 3. The van der Waals surface area contributed by atoms with Crippen LogP contribution < -0.4 is 9.64 Å². The number of halogens is 1. The number of ether oxygens (including phenoxy) is 1. The maximum atomic E-state index is 6.05. The SMILES string of the molecule is CC(C)(C)c1ccc(Br)c(N2COc3cccc4cccc2c34)c1. The molecule has 0 fully saturated rings. The molecule has 0 unspecified atom stereocenters. The molecule has 0 N–H and O–H groups in total. The van der Waals surface area contributed by atoms with Gasteiger partial charge in [0.15, 0.2) is 6.73 Å². The number of rotatable bonds is 1. The minimum Gasteiger partial charge on any atom is -0.472 e. The summed E-state index contributed by atoms with van der Waals surface area (Å²) < 4.78 is 7.13. The van der Waals surface area contributed by atoms with Gasteiger partial charge in [-0.3, -0.25) is 0 Å². The largest absolute Gasteiger partial charge is 0.472 e. The van der Waals surface area contributed by atoms with E-state index in [2.05, 4.69) is 84.1 Å². The second kappa shape index (κ2) is 5.52. The molecule has 0 aromatic heterocycles. The third kappa shape index (κ3) is 2.48. The van der Waals surface area contributed by atoms with Crippen molar-refractivity contribution >= 4 is 38.1 Å². The molecule has 0 aliphatic carbocycles. The van der Waals surface area contributed by atoms with Gasteiger partial charge in [0.05, 0.1) is 11.4 Å². The van der Waals surface area contributed by atoms with Gasteiger partial charge in [0.25, 0.3) is 0 Å². The van der Waals surface area contributed by atoms with E-state index in [1.54, 1.807) is 0 Å². The van der Waals surface area contributed by atoms with Crippen LogP contribution in [0.1, 0.15) is 26.3 Å². The van der Waals surface area contributed by atoms with Crippen molar-refractivity contribution in [2.24, 2.45) is 0 Å². The maximum absolute atomic E-state index is 6.05. The topological polar surface area (TPSA) is 12.5 Å². The molecule has 1 heterocycles. The Labute approximate surface area is 151 Å². The summed E-state index contributed by atoms with van der Waals surface area (Å²) in [6.45, 7) is 7.23. The normalized spacial score (nSPS) is 13.9. The second-order valence-electron chi connectivity index (χ2n) is 7.25. The van der Waals surface area contributed by atoms with E-state index in [0.717, 1.165) is 15.9 Å². The summed E-state index contributed by atoms with van der Waals surface area (Å²) in [7, 11) is 0. The number of hydrogen-bond donors (Lipinski definition) is 0. The lowest BCUT2D eigenvalue weighted by Gasteiger charge is -2.33. The molecule has 0 radical (unpaired) electrons. The highest BCUT2D eigenvalue weighted by atomic mass is 79.9. The lowest BCUT2D eigenvalue weighted by Crippen LogP contribution is -2.27. The molecular weight excluding hydrogens is 362 g/mol. The molecular formula is C21H20BrNO. The molecule has 24 heavy (non-hydrogen) atoms. The van der Waals surface area contributed by atoms with Gasteiger partial charge in [-0.15, -0.1) is 0 Å². The molecule has 3 aromatic rings. The Morgan fingerprint density at radius 1 is 0.958 bits per heavy atom. The van der Waals surface area contributed by atoms with E-state index < -0.39 is 0 Å². The quantitative estimate of drug-likeness (QED) is 0.484. The number of hydrogen-bond acceptors (Lipinski definition) is 2. The van der Waals surface area contributed by atoms with E-state index in [-0.39, 0.29) is 5.41 Å². The third-order valence-corrected chi connectivity index (χ3v) is 5.26. The minimum atomic E-state index is 0.107. The Hall–Kier alpha value is -2.00. The van der Waals surface area contributed by atoms with Crippen LogP contribution in [-0.2, 0) is 5.41 Å². The molecule has 0 bridgehead atoms. The van der Waals surface area contributed by atoms with Crippen molar-refractivity contribution in [1.82, 2.24) is 0 Å². The molecule has 3 heteroatoms. The van der Waals surface area contributed by atoms with Crippen LogP contribution in [0.2, 0.25) is 0 Å². The summed E-state index contributed by atoms with van der Waals surface area (Å²) in [6, 6.07) is 19.2. The van der Waals surface area contributed by atoms with E-state index >= 15 is 0 Å². The van der Waals surface area contributed by atoms with Crippen LogP contribution in [0.3, 0.4) is 0 Å². The van der Waals surface area contributed by atoms with Gasteiger partial charge in [0.2, 0.25) is 0 Å². The minimum absolute atomic E-state index is 0.107. The number of anilines is 2. The van der Waals surface area contributed by atoms with Gasteiger partial charge in [0, 0.05) is 9.86 Å². The van der Waals surface area contributed by atoms with E-state index in [4.69, 9.17) is 4.74 Å². The van der Waals surface area contributed by atoms with Crippen molar-refractivity contribution in [3.05, 3.63) is 64.6 Å². The Morgan fingerprint density at radius 3 is 2.46 bits per heavy atom. The average molecular weight is 382 g/mol. The fourth-order valence-electron chi connectivity index (χ4n) is 3.22. The third-order valence-electron chi connectivity index (χ3n) is 4.59. The molecule has 0 spiro atoms. The van der Waals surface area contributed by atoms with Gasteiger partial charge in [0.1, 0.15) is 5.75 Å². The molecule has 4 rings (SSSR count). The summed E-state index contributed by atoms with van der Waals surface area (Å²) in [5.74, 6) is 0.961. The van der Waals surface area contributed by atoms with E-state index in [9.17, 15) is 0 Å². The molecule has 3 aromatic carbocycles. The fraction of sp³-hybridized carbons (Fsp3) is 0.238. The Bertz CT molecular complexity index is 922. The Balaban J connectivity index is 1.92. The number of nitrogens with zero attached hydrogens (tertiary/aromatic N) is 1. The molecule has 0 saturated carbocycles. The summed E-state index contributed by atoms with van der Waals surface area (Å²) >= 11 is 3.72. The van der Waals surface area contributed by atoms with Crippen molar-refractivity contribution in [2.75, 3.05) is 11.6 Å². The van der Waals surface area contributed by atoms with E-state index in [1.807, 2.05) is 12.1 Å². The lowest BCUT2D eigenvalue weighted by atomic mass is 9.87. The summed E-state index contributed by atoms with van der Waals surface area (Å²) in [5.41, 5.74) is 3.76. The molecule has 0 saturated heterocycles. The van der Waals surface area contributed by atoms with Gasteiger partial charge in [-0.05, 0) is 56.6 Å². The second-order valence-corrected chi connectivity index (χ2v) is 8.10. The smallest absolute Gasteiger partial charge is 0.165 e. The predicted molar refractivity (Wildman–Crippen MR) is 104 cm³/mol. The van der Waals surface area contributed by atoms with Crippen molar-refractivity contribution < 1.29 is 4.74 Å². The van der Waals surface area contributed by atoms with Crippen molar-refractivity contribution in [2.45, 2.75) is 26.2 Å². The standard InChI is InChI=1S/C21H20BrNO/c1-21(2,3)15-10-11-16(22)18(12-15)23-13-24-19-9-5-7-14-6-4-8-17(23)20(14)19/h4-12H,13H2,1-3H3. The highest BCUT2D eigenvalue weighted by Gasteiger charge is 2.24. The summed E-state index contributed by atoms with van der Waals surface area (Å²) in [6.07, 6.45) is 0. The van der Waals surface area contributed by atoms with Gasteiger partial charge in [-0.25, -0.2) is 0 Å². The average Bonchev–Trinajstić information content (AvgIpc) is 2.55. The van der Waals surface area contributed by atoms with Crippen LogP contribution in [0.25, 0.3) is 10.8 Å². The first kappa shape index (κ1) is 15.5. The van der Waals surface area contributed by atoms with Gasteiger partial charge in [-0.2, -0.15) is 0 Å². The lowest BCUT2D eigenvalue weighted by molar-refractivity contribution is 0.324. The monoisotopic (exact) mass is 381 g/mol. The molecule has 122 valence electrons. The van der Waals surface area contributed by atoms with Crippen LogP contribution in [0.5, 0.6) is 5.75 Å². The van der Waals surface area contributed by atoms with Crippen molar-refractivity contribution in [3.8, 4) is 5.75 Å². The zero-order chi connectivity index (χ0) is 16.9. The molecule has 2 nitrogen and oxygen atoms in total. The van der Waals surface area contributed by atoms with Crippen LogP contribution in [0, 0.1) is 0 Å². The van der Waals surface area contributed by atoms with E-state index in [0.29, 0.717) is 6.73 Å². The molecule has 1 aliphatic rings. The zero-order valence-electron chi connectivity index (χ0n) is 14.1. The van der Waals surface area contributed by atoms with Crippen LogP contribution in [0.15, 0.2) is 59.1 Å².